The zero-order valence-corrected chi connectivity index (χ0v) is 15.4. The zero-order valence-electron chi connectivity index (χ0n) is 15.4. The summed E-state index contributed by atoms with van der Waals surface area (Å²) < 4.78 is 14.9. The van der Waals surface area contributed by atoms with Crippen LogP contribution in [0.4, 0.5) is 0 Å². The Morgan fingerprint density at radius 3 is 2.15 bits per heavy atom. The van der Waals surface area contributed by atoms with Crippen molar-refractivity contribution in [2.24, 2.45) is 5.10 Å². The van der Waals surface area contributed by atoms with E-state index in [0.29, 0.717) is 36.3 Å². The lowest BCUT2D eigenvalue weighted by atomic mass is 10.1. The van der Waals surface area contributed by atoms with Crippen LogP contribution in [0.25, 0.3) is 0 Å². The fourth-order valence-corrected chi connectivity index (χ4v) is 2.29. The van der Waals surface area contributed by atoms with Gasteiger partial charge in [0.1, 0.15) is 17.2 Å². The van der Waals surface area contributed by atoms with Gasteiger partial charge in [-0.15, -0.1) is 0 Å². The number of phenols is 1. The lowest BCUT2D eigenvalue weighted by molar-refractivity contribution is -0.140. The first-order valence-electron chi connectivity index (χ1n) is 8.35. The number of phenolic OH excluding ortho intramolecular Hbond substituents is 1. The predicted molar refractivity (Wildman–Crippen MR) is 96.7 cm³/mol. The van der Waals surface area contributed by atoms with Gasteiger partial charge in [0.2, 0.25) is 5.91 Å². The van der Waals surface area contributed by atoms with Crippen molar-refractivity contribution in [3.8, 4) is 17.2 Å². The molecule has 0 bridgehead atoms. The van der Waals surface area contributed by atoms with Gasteiger partial charge in [0.05, 0.1) is 33.1 Å². The molecule has 0 heterocycles. The summed E-state index contributed by atoms with van der Waals surface area (Å²) in [5, 5.41) is 13.5. The van der Waals surface area contributed by atoms with Gasteiger partial charge >= 0.3 is 5.97 Å². The number of nitrogens with zero attached hydrogens (tertiary/aromatic N) is 1. The molecule has 0 aliphatic carbocycles. The van der Waals surface area contributed by atoms with Gasteiger partial charge in [-0.3, -0.25) is 9.59 Å². The molecule has 0 saturated carbocycles. The highest BCUT2D eigenvalue weighted by Crippen LogP contribution is 2.31. The van der Waals surface area contributed by atoms with E-state index in [0.717, 1.165) is 19.3 Å². The molecule has 26 heavy (non-hydrogen) atoms. The highest BCUT2D eigenvalue weighted by molar-refractivity contribution is 5.89. The number of hydrazone groups is 1. The molecule has 0 unspecified atom stereocenters. The number of carbonyl (C=O) groups is 2. The largest absolute Gasteiger partial charge is 0.508 e. The summed E-state index contributed by atoms with van der Waals surface area (Å²) >= 11 is 0. The summed E-state index contributed by atoms with van der Waals surface area (Å²) in [5.41, 5.74) is 2.96. The molecule has 0 saturated heterocycles. The smallest absolute Gasteiger partial charge is 0.305 e. The highest BCUT2D eigenvalue weighted by Gasteiger charge is 2.10. The van der Waals surface area contributed by atoms with Crippen LogP contribution in [0.3, 0.4) is 0 Å². The van der Waals surface area contributed by atoms with Crippen LogP contribution in [0, 0.1) is 0 Å². The van der Waals surface area contributed by atoms with E-state index in [9.17, 15) is 14.7 Å². The highest BCUT2D eigenvalue weighted by atomic mass is 16.5. The molecule has 0 aliphatic rings. The SMILES string of the molecule is COC(=O)CCCCCCC(=O)N/N=C/c1c(OC)cc(O)cc1OC. The van der Waals surface area contributed by atoms with Crippen LogP contribution in [0.2, 0.25) is 0 Å². The van der Waals surface area contributed by atoms with Crippen molar-refractivity contribution in [1.82, 2.24) is 5.43 Å². The first-order valence-corrected chi connectivity index (χ1v) is 8.35. The first kappa shape index (κ1) is 21.3. The number of hydrogen-bond donors (Lipinski definition) is 2. The third-order valence-electron chi connectivity index (χ3n) is 3.67. The third-order valence-corrected chi connectivity index (χ3v) is 3.67. The molecule has 1 aromatic carbocycles. The van der Waals surface area contributed by atoms with E-state index in [1.807, 2.05) is 0 Å². The molecule has 0 radical (unpaired) electrons. The van der Waals surface area contributed by atoms with E-state index in [2.05, 4.69) is 15.3 Å². The summed E-state index contributed by atoms with van der Waals surface area (Å²) in [6, 6.07) is 2.86. The minimum atomic E-state index is -0.211. The maximum atomic E-state index is 11.8. The minimum absolute atomic E-state index is 0.00656. The van der Waals surface area contributed by atoms with Gasteiger partial charge < -0.3 is 19.3 Å². The second-order valence-electron chi connectivity index (χ2n) is 5.55. The van der Waals surface area contributed by atoms with Crippen LogP contribution in [0.15, 0.2) is 17.2 Å². The van der Waals surface area contributed by atoms with E-state index in [4.69, 9.17) is 9.47 Å². The second kappa shape index (κ2) is 11.7. The molecule has 8 heteroatoms. The average molecular weight is 366 g/mol. The topological polar surface area (TPSA) is 106 Å². The number of esters is 1. The van der Waals surface area contributed by atoms with Crippen LogP contribution in [0.5, 0.6) is 17.2 Å². The van der Waals surface area contributed by atoms with Crippen LogP contribution in [-0.2, 0) is 14.3 Å². The Bertz CT molecular complexity index is 605. The molecule has 0 aliphatic heterocycles. The molecule has 1 aromatic rings. The van der Waals surface area contributed by atoms with Gasteiger partial charge in [0, 0.05) is 25.0 Å². The molecule has 1 amide bonds. The Kier molecular flexibility index (Phi) is 9.59. The number of methoxy groups -OCH3 is 3. The van der Waals surface area contributed by atoms with Crippen molar-refractivity contribution >= 4 is 18.1 Å². The minimum Gasteiger partial charge on any atom is -0.508 e. The molecular weight excluding hydrogens is 340 g/mol. The number of hydrogen-bond acceptors (Lipinski definition) is 7. The molecule has 0 aromatic heterocycles. The Morgan fingerprint density at radius 2 is 1.62 bits per heavy atom. The monoisotopic (exact) mass is 366 g/mol. The number of amides is 1. The number of unbranched alkanes of at least 4 members (excludes halogenated alkanes) is 3. The van der Waals surface area contributed by atoms with Crippen molar-refractivity contribution < 1.29 is 28.9 Å². The molecular formula is C18H26N2O6. The predicted octanol–water partition coefficient (Wildman–Crippen LogP) is 2.37. The van der Waals surface area contributed by atoms with Crippen molar-refractivity contribution in [3.05, 3.63) is 17.7 Å². The van der Waals surface area contributed by atoms with Crippen LogP contribution < -0.4 is 14.9 Å². The Hall–Kier alpha value is -2.77. The van der Waals surface area contributed by atoms with E-state index in [-0.39, 0.29) is 17.6 Å². The first-order chi connectivity index (χ1) is 12.5. The summed E-state index contributed by atoms with van der Waals surface area (Å²) in [6.07, 6.45) is 5.36. The average Bonchev–Trinajstić information content (AvgIpc) is 2.64. The summed E-state index contributed by atoms with van der Waals surface area (Å²) in [7, 11) is 4.30. The maximum absolute atomic E-state index is 11.8. The molecule has 144 valence electrons. The molecule has 1 rings (SSSR count). The van der Waals surface area contributed by atoms with Gasteiger partial charge in [-0.05, 0) is 12.8 Å². The summed E-state index contributed by atoms with van der Waals surface area (Å²) in [5.74, 6) is 0.353. The van der Waals surface area contributed by atoms with Crippen molar-refractivity contribution in [2.75, 3.05) is 21.3 Å². The van der Waals surface area contributed by atoms with Crippen molar-refractivity contribution in [3.63, 3.8) is 0 Å². The molecule has 0 atom stereocenters. The van der Waals surface area contributed by atoms with E-state index < -0.39 is 0 Å². The van der Waals surface area contributed by atoms with Crippen molar-refractivity contribution in [2.45, 2.75) is 38.5 Å². The molecule has 0 spiro atoms. The number of carbonyl (C=O) groups excluding carboxylic acids is 2. The van der Waals surface area contributed by atoms with Gasteiger partial charge in [-0.1, -0.05) is 12.8 Å². The normalized spacial score (nSPS) is 10.6. The Balaban J connectivity index is 2.40. The molecule has 2 N–H and O–H groups in total. The van der Waals surface area contributed by atoms with Gasteiger partial charge in [-0.25, -0.2) is 5.43 Å². The van der Waals surface area contributed by atoms with Gasteiger partial charge in [0.25, 0.3) is 0 Å². The quantitative estimate of drug-likeness (QED) is 0.269. The number of benzene rings is 1. The number of ether oxygens (including phenoxy) is 3. The number of aromatic hydroxyl groups is 1. The maximum Gasteiger partial charge on any atom is 0.305 e. The summed E-state index contributed by atoms with van der Waals surface area (Å²) in [6.45, 7) is 0. The summed E-state index contributed by atoms with van der Waals surface area (Å²) in [4.78, 5) is 22.7. The Labute approximate surface area is 153 Å². The zero-order chi connectivity index (χ0) is 19.4. The fraction of sp³-hybridized carbons (Fsp3) is 0.500. The fourth-order valence-electron chi connectivity index (χ4n) is 2.29. The van der Waals surface area contributed by atoms with E-state index in [1.165, 1.54) is 39.7 Å². The van der Waals surface area contributed by atoms with E-state index >= 15 is 0 Å². The van der Waals surface area contributed by atoms with Gasteiger partial charge in [-0.2, -0.15) is 5.10 Å². The molecule has 8 nitrogen and oxygen atoms in total. The van der Waals surface area contributed by atoms with Crippen LogP contribution in [-0.4, -0.2) is 44.5 Å². The lowest BCUT2D eigenvalue weighted by Crippen LogP contribution is -2.17. The Morgan fingerprint density at radius 1 is 1.04 bits per heavy atom. The van der Waals surface area contributed by atoms with Crippen LogP contribution >= 0.6 is 0 Å². The van der Waals surface area contributed by atoms with Gasteiger partial charge in [0.15, 0.2) is 0 Å². The third kappa shape index (κ3) is 7.42. The molecule has 0 fully saturated rings. The van der Waals surface area contributed by atoms with Crippen molar-refractivity contribution in [1.29, 1.82) is 0 Å². The number of nitrogens with one attached hydrogen (secondary N) is 1. The lowest BCUT2D eigenvalue weighted by Gasteiger charge is -2.10. The van der Waals surface area contributed by atoms with E-state index in [1.54, 1.807) is 0 Å². The van der Waals surface area contributed by atoms with Crippen LogP contribution in [0.1, 0.15) is 44.1 Å². The standard InChI is InChI=1S/C18H26N2O6/c1-24-15-10-13(21)11-16(25-2)14(15)12-19-20-17(22)8-6-4-5-7-9-18(23)26-3/h10-12,21H,4-9H2,1-3H3,(H,20,22)/b19-12+. The number of rotatable bonds is 11. The second-order valence-corrected chi connectivity index (χ2v) is 5.55.